The number of aryl methyl sites for hydroxylation is 1. The van der Waals surface area contributed by atoms with Crippen LogP contribution in [0.4, 0.5) is 0 Å². The molecule has 0 heterocycles. The van der Waals surface area contributed by atoms with E-state index in [2.05, 4.69) is 0 Å². The Hall–Kier alpha value is -1.06. The number of ether oxygens (including phenoxy) is 1. The second kappa shape index (κ2) is 3.83. The van der Waals surface area contributed by atoms with Gasteiger partial charge < -0.3 is 15.6 Å². The van der Waals surface area contributed by atoms with Crippen LogP contribution in [0.2, 0.25) is 0 Å². The minimum Gasteiger partial charge on any atom is -0.497 e. The monoisotopic (exact) mass is 207 g/mol. The maximum atomic E-state index is 10.4. The average molecular weight is 207 g/mol. The molecule has 2 rings (SSSR count). The summed E-state index contributed by atoms with van der Waals surface area (Å²) in [6, 6.07) is 5.86. The zero-order valence-corrected chi connectivity index (χ0v) is 8.99. The van der Waals surface area contributed by atoms with Crippen molar-refractivity contribution in [1.82, 2.24) is 0 Å². The molecule has 1 aromatic carbocycles. The van der Waals surface area contributed by atoms with Gasteiger partial charge in [-0.05, 0) is 42.5 Å². The predicted molar refractivity (Wildman–Crippen MR) is 58.9 cm³/mol. The molecule has 0 amide bonds. The lowest BCUT2D eigenvalue weighted by Crippen LogP contribution is -2.38. The van der Waals surface area contributed by atoms with Crippen LogP contribution in [-0.2, 0) is 12.0 Å². The van der Waals surface area contributed by atoms with Crippen molar-refractivity contribution >= 4 is 0 Å². The number of hydrogen-bond donors (Lipinski definition) is 2. The Kier molecular flexibility index (Phi) is 2.67. The molecular formula is C12H17NO2. The maximum Gasteiger partial charge on any atom is 0.119 e. The van der Waals surface area contributed by atoms with Gasteiger partial charge in [0.25, 0.3) is 0 Å². The summed E-state index contributed by atoms with van der Waals surface area (Å²) < 4.78 is 5.17. The molecule has 0 bridgehead atoms. The van der Waals surface area contributed by atoms with E-state index in [1.807, 2.05) is 18.2 Å². The lowest BCUT2D eigenvalue weighted by atomic mass is 9.79. The van der Waals surface area contributed by atoms with Gasteiger partial charge in [-0.1, -0.05) is 6.07 Å². The van der Waals surface area contributed by atoms with Gasteiger partial charge in [-0.2, -0.15) is 0 Å². The highest BCUT2D eigenvalue weighted by molar-refractivity contribution is 5.41. The Morgan fingerprint density at radius 2 is 2.33 bits per heavy atom. The molecule has 1 aliphatic rings. The molecule has 3 heteroatoms. The van der Waals surface area contributed by atoms with E-state index < -0.39 is 5.60 Å². The predicted octanol–water partition coefficient (Wildman–Crippen LogP) is 1.18. The van der Waals surface area contributed by atoms with Crippen LogP contribution in [0.5, 0.6) is 5.75 Å². The summed E-state index contributed by atoms with van der Waals surface area (Å²) in [6.45, 7) is 0.271. The van der Waals surface area contributed by atoms with Gasteiger partial charge in [-0.3, -0.25) is 0 Å². The summed E-state index contributed by atoms with van der Waals surface area (Å²) in [5, 5.41) is 10.4. The van der Waals surface area contributed by atoms with Crippen molar-refractivity contribution in [2.75, 3.05) is 13.7 Å². The highest BCUT2D eigenvalue weighted by Crippen LogP contribution is 2.36. The molecule has 0 fully saturated rings. The van der Waals surface area contributed by atoms with E-state index in [0.29, 0.717) is 0 Å². The third kappa shape index (κ3) is 1.73. The van der Waals surface area contributed by atoms with Crippen molar-refractivity contribution in [3.8, 4) is 5.75 Å². The Morgan fingerprint density at radius 3 is 3.00 bits per heavy atom. The highest BCUT2D eigenvalue weighted by atomic mass is 16.5. The lowest BCUT2D eigenvalue weighted by Gasteiger charge is -2.33. The quantitative estimate of drug-likeness (QED) is 0.765. The second-order valence-corrected chi connectivity index (χ2v) is 4.11. The summed E-state index contributed by atoms with van der Waals surface area (Å²) in [4.78, 5) is 0. The first-order valence-corrected chi connectivity index (χ1v) is 5.29. The fourth-order valence-electron chi connectivity index (χ4n) is 2.25. The van der Waals surface area contributed by atoms with Crippen LogP contribution in [0.25, 0.3) is 0 Å². The molecule has 1 aliphatic carbocycles. The van der Waals surface area contributed by atoms with E-state index in [9.17, 15) is 5.11 Å². The first-order chi connectivity index (χ1) is 7.19. The van der Waals surface area contributed by atoms with Crippen LogP contribution in [0.15, 0.2) is 18.2 Å². The Labute approximate surface area is 89.9 Å². The van der Waals surface area contributed by atoms with Crippen molar-refractivity contribution in [1.29, 1.82) is 0 Å². The Bertz CT molecular complexity index is 365. The molecule has 15 heavy (non-hydrogen) atoms. The third-order valence-corrected chi connectivity index (χ3v) is 3.19. The average Bonchev–Trinajstić information content (AvgIpc) is 2.29. The minimum atomic E-state index is -0.859. The normalized spacial score (nSPS) is 24.7. The smallest absolute Gasteiger partial charge is 0.119 e. The van der Waals surface area contributed by atoms with Crippen LogP contribution in [0.3, 0.4) is 0 Å². The molecular weight excluding hydrogens is 190 g/mol. The van der Waals surface area contributed by atoms with E-state index in [1.54, 1.807) is 7.11 Å². The van der Waals surface area contributed by atoms with Crippen LogP contribution in [0, 0.1) is 0 Å². The summed E-state index contributed by atoms with van der Waals surface area (Å²) >= 11 is 0. The zero-order valence-electron chi connectivity index (χ0n) is 8.99. The number of nitrogens with two attached hydrogens (primary N) is 1. The number of fused-ring (bicyclic) bond motifs is 1. The van der Waals surface area contributed by atoms with Gasteiger partial charge >= 0.3 is 0 Å². The van der Waals surface area contributed by atoms with E-state index in [0.717, 1.165) is 30.6 Å². The van der Waals surface area contributed by atoms with Gasteiger partial charge in [0.1, 0.15) is 11.4 Å². The second-order valence-electron chi connectivity index (χ2n) is 4.11. The molecule has 0 saturated carbocycles. The number of methoxy groups -OCH3 is 1. The van der Waals surface area contributed by atoms with E-state index in [-0.39, 0.29) is 6.54 Å². The summed E-state index contributed by atoms with van der Waals surface area (Å²) in [5.41, 5.74) is 6.92. The molecule has 82 valence electrons. The van der Waals surface area contributed by atoms with Crippen LogP contribution in [-0.4, -0.2) is 18.8 Å². The zero-order chi connectivity index (χ0) is 10.9. The SMILES string of the molecule is COc1ccc2c(c1)C(O)(CN)CCC2. The molecule has 0 aliphatic heterocycles. The largest absolute Gasteiger partial charge is 0.497 e. The minimum absolute atomic E-state index is 0.271. The van der Waals surface area contributed by atoms with Crippen molar-refractivity contribution in [2.24, 2.45) is 5.73 Å². The van der Waals surface area contributed by atoms with Crippen LogP contribution < -0.4 is 10.5 Å². The van der Waals surface area contributed by atoms with Crippen LogP contribution in [0.1, 0.15) is 24.0 Å². The molecule has 1 aromatic rings. The molecule has 0 spiro atoms. The van der Waals surface area contributed by atoms with Gasteiger partial charge in [-0.25, -0.2) is 0 Å². The lowest BCUT2D eigenvalue weighted by molar-refractivity contribution is 0.0277. The molecule has 3 nitrogen and oxygen atoms in total. The van der Waals surface area contributed by atoms with Gasteiger partial charge in [0.2, 0.25) is 0 Å². The van der Waals surface area contributed by atoms with E-state index >= 15 is 0 Å². The first-order valence-electron chi connectivity index (χ1n) is 5.29. The van der Waals surface area contributed by atoms with Crippen LogP contribution >= 0.6 is 0 Å². The van der Waals surface area contributed by atoms with Gasteiger partial charge in [-0.15, -0.1) is 0 Å². The number of rotatable bonds is 2. The van der Waals surface area contributed by atoms with Gasteiger partial charge in [0.15, 0.2) is 0 Å². The highest BCUT2D eigenvalue weighted by Gasteiger charge is 2.33. The molecule has 1 atom stereocenters. The molecule has 1 unspecified atom stereocenters. The Morgan fingerprint density at radius 1 is 1.53 bits per heavy atom. The van der Waals surface area contributed by atoms with Crippen molar-refractivity contribution in [3.05, 3.63) is 29.3 Å². The van der Waals surface area contributed by atoms with E-state index in [4.69, 9.17) is 10.5 Å². The third-order valence-electron chi connectivity index (χ3n) is 3.19. The standard InChI is InChI=1S/C12H17NO2/c1-15-10-5-4-9-3-2-6-12(14,8-13)11(9)7-10/h4-5,7,14H,2-3,6,8,13H2,1H3. The number of hydrogen-bond acceptors (Lipinski definition) is 3. The summed E-state index contributed by atoms with van der Waals surface area (Å²) in [6.07, 6.45) is 2.75. The molecule has 0 aromatic heterocycles. The van der Waals surface area contributed by atoms with Gasteiger partial charge in [0, 0.05) is 6.54 Å². The molecule has 0 saturated heterocycles. The van der Waals surface area contributed by atoms with Crippen molar-refractivity contribution < 1.29 is 9.84 Å². The number of aliphatic hydroxyl groups is 1. The molecule has 0 radical (unpaired) electrons. The fraction of sp³-hybridized carbons (Fsp3) is 0.500. The summed E-state index contributed by atoms with van der Waals surface area (Å²) in [7, 11) is 1.63. The molecule has 3 N–H and O–H groups in total. The van der Waals surface area contributed by atoms with E-state index in [1.165, 1.54) is 5.56 Å². The van der Waals surface area contributed by atoms with Gasteiger partial charge in [0.05, 0.1) is 7.11 Å². The van der Waals surface area contributed by atoms with Crippen molar-refractivity contribution in [2.45, 2.75) is 24.9 Å². The van der Waals surface area contributed by atoms with Crippen molar-refractivity contribution in [3.63, 3.8) is 0 Å². The topological polar surface area (TPSA) is 55.5 Å². The fourth-order valence-corrected chi connectivity index (χ4v) is 2.25. The first kappa shape index (κ1) is 10.5. The Balaban J connectivity index is 2.48. The number of benzene rings is 1. The summed E-state index contributed by atoms with van der Waals surface area (Å²) in [5.74, 6) is 0.780. The maximum absolute atomic E-state index is 10.4.